The van der Waals surface area contributed by atoms with Gasteiger partial charge in [0.25, 0.3) is 0 Å². The molecule has 27 heavy (non-hydrogen) atoms. The van der Waals surface area contributed by atoms with Gasteiger partial charge in [-0.15, -0.1) is 11.8 Å². The summed E-state index contributed by atoms with van der Waals surface area (Å²) in [5, 5.41) is 0.778. The number of aromatic amines is 1. The number of aromatic nitrogens is 1. The third-order valence-electron chi connectivity index (χ3n) is 4.98. The summed E-state index contributed by atoms with van der Waals surface area (Å²) in [7, 11) is 0. The van der Waals surface area contributed by atoms with Crippen molar-refractivity contribution in [1.29, 1.82) is 0 Å². The molecule has 0 aliphatic heterocycles. The Morgan fingerprint density at radius 1 is 1.19 bits per heavy atom. The number of benzene rings is 1. The first kappa shape index (κ1) is 18.2. The summed E-state index contributed by atoms with van der Waals surface area (Å²) < 4.78 is 0. The second kappa shape index (κ2) is 7.84. The molecule has 2 aromatic rings. The van der Waals surface area contributed by atoms with Crippen LogP contribution in [0.5, 0.6) is 0 Å². The fraction of sp³-hybridized carbons (Fsp3) is 0.167. The van der Waals surface area contributed by atoms with Crippen LogP contribution >= 0.6 is 23.4 Å². The first-order valence-electron chi connectivity index (χ1n) is 9.11. The monoisotopic (exact) mass is 391 g/mol. The van der Waals surface area contributed by atoms with Crippen molar-refractivity contribution in [3.63, 3.8) is 0 Å². The van der Waals surface area contributed by atoms with Crippen LogP contribution in [0.1, 0.15) is 29.8 Å². The summed E-state index contributed by atoms with van der Waals surface area (Å²) in [6, 6.07) is 10.2. The molecule has 3 heteroatoms. The molecular weight excluding hydrogens is 370 g/mol. The third kappa shape index (κ3) is 4.23. The second-order valence-corrected chi connectivity index (χ2v) is 8.50. The van der Waals surface area contributed by atoms with Crippen LogP contribution in [-0.4, -0.2) is 10.7 Å². The Labute approximate surface area is 170 Å². The summed E-state index contributed by atoms with van der Waals surface area (Å²) >= 11 is 7.79. The van der Waals surface area contributed by atoms with Crippen LogP contribution < -0.4 is 0 Å². The van der Waals surface area contributed by atoms with Crippen LogP contribution in [0.25, 0.3) is 11.6 Å². The molecule has 0 amide bonds. The van der Waals surface area contributed by atoms with E-state index in [9.17, 15) is 0 Å². The van der Waals surface area contributed by atoms with E-state index in [2.05, 4.69) is 60.6 Å². The second-order valence-electron chi connectivity index (χ2n) is 7.01. The van der Waals surface area contributed by atoms with E-state index >= 15 is 0 Å². The predicted molar refractivity (Wildman–Crippen MR) is 119 cm³/mol. The number of nitrogens with one attached hydrogen (secondary N) is 1. The Balaban J connectivity index is 1.34. The number of thioether (sulfide) groups is 1. The fourth-order valence-electron chi connectivity index (χ4n) is 3.43. The summed E-state index contributed by atoms with van der Waals surface area (Å²) in [6.45, 7) is 8.57. The van der Waals surface area contributed by atoms with E-state index in [1.54, 1.807) is 0 Å². The molecule has 136 valence electrons. The average molecular weight is 392 g/mol. The molecule has 4 rings (SSSR count). The van der Waals surface area contributed by atoms with Gasteiger partial charge in [0.1, 0.15) is 0 Å². The zero-order chi connectivity index (χ0) is 18.8. The first-order valence-corrected chi connectivity index (χ1v) is 10.5. The van der Waals surface area contributed by atoms with Gasteiger partial charge in [0.2, 0.25) is 0 Å². The van der Waals surface area contributed by atoms with Gasteiger partial charge in [-0.2, -0.15) is 0 Å². The highest BCUT2D eigenvalue weighted by Gasteiger charge is 2.15. The number of hydrogen-bond acceptors (Lipinski definition) is 1. The van der Waals surface area contributed by atoms with Gasteiger partial charge in [-0.1, -0.05) is 48.6 Å². The van der Waals surface area contributed by atoms with Crippen molar-refractivity contribution in [3.8, 4) is 0 Å². The molecule has 1 N–H and O–H groups in total. The summed E-state index contributed by atoms with van der Waals surface area (Å²) in [5.74, 6) is 0.973. The van der Waals surface area contributed by atoms with Crippen molar-refractivity contribution in [3.05, 3.63) is 100 Å². The zero-order valence-corrected chi connectivity index (χ0v) is 16.8. The highest BCUT2D eigenvalue weighted by molar-refractivity contribution is 7.99. The van der Waals surface area contributed by atoms with Gasteiger partial charge in [0, 0.05) is 27.1 Å². The smallest absolute Gasteiger partial charge is 0.0417 e. The van der Waals surface area contributed by atoms with E-state index in [0.29, 0.717) is 0 Å². The van der Waals surface area contributed by atoms with Crippen molar-refractivity contribution in [2.75, 3.05) is 5.75 Å². The molecule has 0 saturated heterocycles. The lowest BCUT2D eigenvalue weighted by Gasteiger charge is -2.17. The van der Waals surface area contributed by atoms with Gasteiger partial charge in [-0.3, -0.25) is 0 Å². The maximum absolute atomic E-state index is 5.95. The zero-order valence-electron chi connectivity index (χ0n) is 15.2. The molecule has 0 saturated carbocycles. The molecule has 0 bridgehead atoms. The van der Waals surface area contributed by atoms with E-state index in [4.69, 9.17) is 11.6 Å². The van der Waals surface area contributed by atoms with Crippen LogP contribution in [0.4, 0.5) is 0 Å². The Hall–Kier alpha value is -2.16. The first-order chi connectivity index (χ1) is 13.1. The minimum absolute atomic E-state index is 0.778. The quantitative estimate of drug-likeness (QED) is 0.513. The van der Waals surface area contributed by atoms with Crippen LogP contribution in [0, 0.1) is 0 Å². The molecule has 1 nitrogen and oxygen atoms in total. The molecule has 1 aromatic heterocycles. The van der Waals surface area contributed by atoms with E-state index in [-0.39, 0.29) is 0 Å². The molecule has 1 aromatic carbocycles. The van der Waals surface area contributed by atoms with Crippen molar-refractivity contribution < 1.29 is 0 Å². The SMILES string of the molecule is C=C1C=C(CSc2ccc(Cl)cc2)CC=C1CC(=C)c1cc2c([nH]1)C=CC2. The van der Waals surface area contributed by atoms with Gasteiger partial charge >= 0.3 is 0 Å². The van der Waals surface area contributed by atoms with Gasteiger partial charge in [0.05, 0.1) is 0 Å². The lowest BCUT2D eigenvalue weighted by Crippen LogP contribution is -1.99. The number of rotatable bonds is 6. The van der Waals surface area contributed by atoms with Crippen molar-refractivity contribution >= 4 is 35.0 Å². The molecular formula is C24H22ClNS. The highest BCUT2D eigenvalue weighted by Crippen LogP contribution is 2.33. The topological polar surface area (TPSA) is 15.8 Å². The summed E-state index contributed by atoms with van der Waals surface area (Å²) in [6.07, 6.45) is 11.7. The Morgan fingerprint density at radius 3 is 2.74 bits per heavy atom. The third-order valence-corrected chi connectivity index (χ3v) is 6.35. The van der Waals surface area contributed by atoms with Crippen LogP contribution in [0.15, 0.2) is 83.3 Å². The normalized spacial score (nSPS) is 15.5. The van der Waals surface area contributed by atoms with Crippen molar-refractivity contribution in [2.45, 2.75) is 24.2 Å². The van der Waals surface area contributed by atoms with Gasteiger partial charge in [-0.05, 0) is 78.0 Å². The fourth-order valence-corrected chi connectivity index (χ4v) is 4.43. The maximum atomic E-state index is 5.95. The van der Waals surface area contributed by atoms with E-state index < -0.39 is 0 Å². The lowest BCUT2D eigenvalue weighted by atomic mass is 9.91. The number of allylic oxidation sites excluding steroid dienone is 6. The minimum atomic E-state index is 0.778. The maximum Gasteiger partial charge on any atom is 0.0417 e. The Bertz CT molecular complexity index is 986. The molecule has 2 aliphatic carbocycles. The van der Waals surface area contributed by atoms with Crippen molar-refractivity contribution in [1.82, 2.24) is 4.98 Å². The number of hydrogen-bond donors (Lipinski definition) is 1. The van der Waals surface area contributed by atoms with Crippen LogP contribution in [-0.2, 0) is 6.42 Å². The average Bonchev–Trinajstić information content (AvgIpc) is 3.25. The van der Waals surface area contributed by atoms with Crippen LogP contribution in [0.3, 0.4) is 0 Å². The molecule has 2 aliphatic rings. The number of fused-ring (bicyclic) bond motifs is 1. The van der Waals surface area contributed by atoms with E-state index in [1.807, 2.05) is 23.9 Å². The lowest BCUT2D eigenvalue weighted by molar-refractivity contribution is 1.11. The predicted octanol–water partition coefficient (Wildman–Crippen LogP) is 7.25. The molecule has 0 atom stereocenters. The van der Waals surface area contributed by atoms with E-state index in [0.717, 1.165) is 46.9 Å². The van der Waals surface area contributed by atoms with E-state index in [1.165, 1.54) is 27.3 Å². The molecule has 1 heterocycles. The molecule has 0 unspecified atom stereocenters. The van der Waals surface area contributed by atoms with Crippen molar-refractivity contribution in [2.24, 2.45) is 0 Å². The summed E-state index contributed by atoms with van der Waals surface area (Å²) in [4.78, 5) is 4.72. The minimum Gasteiger partial charge on any atom is -0.355 e. The highest BCUT2D eigenvalue weighted by atomic mass is 35.5. The Kier molecular flexibility index (Phi) is 5.29. The Morgan fingerprint density at radius 2 is 2.00 bits per heavy atom. The van der Waals surface area contributed by atoms with Gasteiger partial charge in [-0.25, -0.2) is 0 Å². The molecule has 0 spiro atoms. The number of halogens is 1. The van der Waals surface area contributed by atoms with Gasteiger partial charge < -0.3 is 4.98 Å². The summed E-state index contributed by atoms with van der Waals surface area (Å²) in [5.41, 5.74) is 8.65. The molecule has 0 fully saturated rings. The van der Waals surface area contributed by atoms with Gasteiger partial charge in [0.15, 0.2) is 0 Å². The molecule has 0 radical (unpaired) electrons. The standard InChI is InChI=1S/C24H22ClNS/c1-16-12-18(15-27-22-10-8-21(25)9-11-22)6-7-19(16)13-17(2)24-14-20-4-3-5-23(20)26-24/h3,5,7-12,14,26H,1-2,4,6,13,15H2. The largest absolute Gasteiger partial charge is 0.355 e. The van der Waals surface area contributed by atoms with Crippen LogP contribution in [0.2, 0.25) is 5.02 Å². The number of H-pyrrole nitrogens is 1.